The van der Waals surface area contributed by atoms with Gasteiger partial charge in [0.25, 0.3) is 0 Å². The molecule has 0 fully saturated rings. The van der Waals surface area contributed by atoms with E-state index in [9.17, 15) is 0 Å². The minimum atomic E-state index is 0.981. The average Bonchev–Trinajstić information content (AvgIpc) is 2.04. The fourth-order valence-electron chi connectivity index (χ4n) is 1.31. The molecule has 0 bridgehead atoms. The maximum absolute atomic E-state index is 4.05. The monoisotopic (exact) mass is 158 g/mol. The highest BCUT2D eigenvalue weighted by Gasteiger charge is 1.97. The number of rotatable bonds is 0. The van der Waals surface area contributed by atoms with Crippen LogP contribution in [0.2, 0.25) is 0 Å². The van der Waals surface area contributed by atoms with Gasteiger partial charge in [-0.05, 0) is 31.0 Å². The smallest absolute Gasteiger partial charge is 0.0934 e. The van der Waals surface area contributed by atoms with Crippen molar-refractivity contribution in [2.24, 2.45) is 0 Å². The first kappa shape index (κ1) is 7.22. The molecular weight excluding hydrogens is 148 g/mol. The lowest BCUT2D eigenvalue weighted by atomic mass is 10.1. The molecule has 0 saturated heterocycles. The molecular formula is C10H10N2. The van der Waals surface area contributed by atoms with E-state index in [0.717, 1.165) is 5.52 Å². The highest BCUT2D eigenvalue weighted by Crippen LogP contribution is 2.15. The molecule has 0 saturated carbocycles. The van der Waals surface area contributed by atoms with Crippen LogP contribution in [0.5, 0.6) is 0 Å². The molecule has 0 aliphatic heterocycles. The zero-order valence-electron chi connectivity index (χ0n) is 7.20. The van der Waals surface area contributed by atoms with E-state index in [0.29, 0.717) is 0 Å². The Morgan fingerprint density at radius 1 is 1.17 bits per heavy atom. The quantitative estimate of drug-likeness (QED) is 0.587. The maximum atomic E-state index is 4.05. The summed E-state index contributed by atoms with van der Waals surface area (Å²) in [5.74, 6) is 0. The van der Waals surface area contributed by atoms with Gasteiger partial charge >= 0.3 is 0 Å². The van der Waals surface area contributed by atoms with Gasteiger partial charge in [0.1, 0.15) is 0 Å². The molecule has 1 aromatic carbocycles. The summed E-state index contributed by atoms with van der Waals surface area (Å²) in [6.07, 6.45) is 1.79. The molecule has 1 aromatic heterocycles. The predicted molar refractivity (Wildman–Crippen MR) is 49.0 cm³/mol. The Labute approximate surface area is 71.3 Å². The minimum Gasteiger partial charge on any atom is -0.158 e. The standard InChI is InChI=1S/C10H10N2/c1-7-3-4-9-8(2)6-11-12-10(9)5-7/h3-6H,1-2H3. The van der Waals surface area contributed by atoms with Crippen molar-refractivity contribution in [2.75, 3.05) is 0 Å². The number of fused-ring (bicyclic) bond motifs is 1. The Morgan fingerprint density at radius 3 is 2.83 bits per heavy atom. The predicted octanol–water partition coefficient (Wildman–Crippen LogP) is 2.25. The van der Waals surface area contributed by atoms with Crippen molar-refractivity contribution in [3.63, 3.8) is 0 Å². The van der Waals surface area contributed by atoms with E-state index in [2.05, 4.69) is 35.3 Å². The molecule has 2 heteroatoms. The molecule has 0 aliphatic carbocycles. The topological polar surface area (TPSA) is 25.8 Å². The van der Waals surface area contributed by atoms with Crippen LogP contribution in [0.25, 0.3) is 10.9 Å². The van der Waals surface area contributed by atoms with Gasteiger partial charge < -0.3 is 0 Å². The molecule has 0 spiro atoms. The van der Waals surface area contributed by atoms with Gasteiger partial charge in [-0.1, -0.05) is 12.1 Å². The second-order valence-corrected chi connectivity index (χ2v) is 3.05. The van der Waals surface area contributed by atoms with Gasteiger partial charge in [0, 0.05) is 5.39 Å². The fourth-order valence-corrected chi connectivity index (χ4v) is 1.31. The van der Waals surface area contributed by atoms with Crippen LogP contribution in [0.4, 0.5) is 0 Å². The number of hydrogen-bond donors (Lipinski definition) is 0. The maximum Gasteiger partial charge on any atom is 0.0934 e. The molecule has 2 nitrogen and oxygen atoms in total. The zero-order chi connectivity index (χ0) is 8.55. The molecule has 60 valence electrons. The molecule has 0 unspecified atom stereocenters. The van der Waals surface area contributed by atoms with E-state index in [1.54, 1.807) is 6.20 Å². The van der Waals surface area contributed by atoms with Crippen LogP contribution in [0.15, 0.2) is 24.4 Å². The highest BCUT2D eigenvalue weighted by molar-refractivity contribution is 5.81. The number of aryl methyl sites for hydroxylation is 2. The van der Waals surface area contributed by atoms with E-state index < -0.39 is 0 Å². The Kier molecular flexibility index (Phi) is 1.54. The van der Waals surface area contributed by atoms with Crippen LogP contribution < -0.4 is 0 Å². The molecule has 0 aliphatic rings. The molecule has 1 heterocycles. The molecule has 0 amide bonds. The van der Waals surface area contributed by atoms with E-state index in [1.807, 2.05) is 6.92 Å². The van der Waals surface area contributed by atoms with Crippen molar-refractivity contribution in [3.8, 4) is 0 Å². The van der Waals surface area contributed by atoms with Gasteiger partial charge in [-0.25, -0.2) is 0 Å². The van der Waals surface area contributed by atoms with Crippen molar-refractivity contribution < 1.29 is 0 Å². The fraction of sp³-hybridized carbons (Fsp3) is 0.200. The van der Waals surface area contributed by atoms with Gasteiger partial charge in [-0.3, -0.25) is 0 Å². The molecule has 2 rings (SSSR count). The first-order chi connectivity index (χ1) is 5.77. The molecule has 0 N–H and O–H groups in total. The lowest BCUT2D eigenvalue weighted by Gasteiger charge is -1.99. The van der Waals surface area contributed by atoms with Gasteiger partial charge in [0.05, 0.1) is 11.7 Å². The van der Waals surface area contributed by atoms with Gasteiger partial charge in [0.15, 0.2) is 0 Å². The summed E-state index contributed by atoms with van der Waals surface area (Å²) in [6.45, 7) is 4.11. The number of nitrogens with zero attached hydrogens (tertiary/aromatic N) is 2. The molecule has 0 radical (unpaired) electrons. The summed E-state index contributed by atoms with van der Waals surface area (Å²) < 4.78 is 0. The lowest BCUT2D eigenvalue weighted by molar-refractivity contribution is 1.06. The third-order valence-corrected chi connectivity index (χ3v) is 1.99. The van der Waals surface area contributed by atoms with Crippen LogP contribution in [0.3, 0.4) is 0 Å². The van der Waals surface area contributed by atoms with Crippen LogP contribution in [0, 0.1) is 13.8 Å². The molecule has 0 atom stereocenters. The van der Waals surface area contributed by atoms with Crippen molar-refractivity contribution in [3.05, 3.63) is 35.5 Å². The third-order valence-electron chi connectivity index (χ3n) is 1.99. The first-order valence-corrected chi connectivity index (χ1v) is 3.96. The number of hydrogen-bond acceptors (Lipinski definition) is 2. The molecule has 2 aromatic rings. The second-order valence-electron chi connectivity index (χ2n) is 3.05. The van der Waals surface area contributed by atoms with Crippen LogP contribution in [-0.4, -0.2) is 10.2 Å². The summed E-state index contributed by atoms with van der Waals surface area (Å²) >= 11 is 0. The minimum absolute atomic E-state index is 0.981. The Morgan fingerprint density at radius 2 is 2.00 bits per heavy atom. The van der Waals surface area contributed by atoms with E-state index in [1.165, 1.54) is 16.5 Å². The van der Waals surface area contributed by atoms with E-state index in [-0.39, 0.29) is 0 Å². The van der Waals surface area contributed by atoms with Crippen molar-refractivity contribution in [1.29, 1.82) is 0 Å². The normalized spacial score (nSPS) is 10.5. The Balaban J connectivity index is 2.86. The SMILES string of the molecule is Cc1ccc2c(C)cnnc2c1. The van der Waals surface area contributed by atoms with Crippen LogP contribution >= 0.6 is 0 Å². The number of benzene rings is 1. The average molecular weight is 158 g/mol. The highest BCUT2D eigenvalue weighted by atomic mass is 15.1. The second kappa shape index (κ2) is 2.55. The van der Waals surface area contributed by atoms with Crippen LogP contribution in [0.1, 0.15) is 11.1 Å². The van der Waals surface area contributed by atoms with Gasteiger partial charge in [-0.15, -0.1) is 0 Å². The van der Waals surface area contributed by atoms with Crippen molar-refractivity contribution in [2.45, 2.75) is 13.8 Å². The molecule has 12 heavy (non-hydrogen) atoms. The van der Waals surface area contributed by atoms with E-state index in [4.69, 9.17) is 0 Å². The first-order valence-electron chi connectivity index (χ1n) is 3.96. The van der Waals surface area contributed by atoms with E-state index >= 15 is 0 Å². The summed E-state index contributed by atoms with van der Waals surface area (Å²) in [4.78, 5) is 0. The Hall–Kier alpha value is -1.44. The van der Waals surface area contributed by atoms with Crippen molar-refractivity contribution in [1.82, 2.24) is 10.2 Å². The third kappa shape index (κ3) is 1.05. The summed E-state index contributed by atoms with van der Waals surface area (Å²) in [5, 5.41) is 9.15. The Bertz CT molecular complexity index is 421. The van der Waals surface area contributed by atoms with Crippen molar-refractivity contribution >= 4 is 10.9 Å². The van der Waals surface area contributed by atoms with Gasteiger partial charge in [-0.2, -0.15) is 10.2 Å². The van der Waals surface area contributed by atoms with Gasteiger partial charge in [0.2, 0.25) is 0 Å². The largest absolute Gasteiger partial charge is 0.158 e. The lowest BCUT2D eigenvalue weighted by Crippen LogP contribution is -1.86. The summed E-state index contributed by atoms with van der Waals surface area (Å²) in [5.41, 5.74) is 3.39. The number of aromatic nitrogens is 2. The summed E-state index contributed by atoms with van der Waals surface area (Å²) in [6, 6.07) is 6.24. The zero-order valence-corrected chi connectivity index (χ0v) is 7.20. The van der Waals surface area contributed by atoms with Crippen LogP contribution in [-0.2, 0) is 0 Å². The summed E-state index contributed by atoms with van der Waals surface area (Å²) in [7, 11) is 0.